The van der Waals surface area contributed by atoms with E-state index in [1.807, 2.05) is 30.3 Å². The average Bonchev–Trinajstić information content (AvgIpc) is 2.68. The van der Waals surface area contributed by atoms with E-state index >= 15 is 0 Å². The fourth-order valence-corrected chi connectivity index (χ4v) is 2.22. The van der Waals surface area contributed by atoms with Gasteiger partial charge in [-0.1, -0.05) is 30.3 Å². The summed E-state index contributed by atoms with van der Waals surface area (Å²) in [5.74, 6) is -0.446. The molecule has 0 aromatic heterocycles. The van der Waals surface area contributed by atoms with Crippen LogP contribution in [0.25, 0.3) is 0 Å². The molecule has 2 amide bonds. The second kappa shape index (κ2) is 9.22. The van der Waals surface area contributed by atoms with Crippen LogP contribution in [0, 0.1) is 0 Å². The summed E-state index contributed by atoms with van der Waals surface area (Å²) in [6.45, 7) is 1.80. The van der Waals surface area contributed by atoms with Gasteiger partial charge in [0.15, 0.2) is 0 Å². The molecule has 136 valence electrons. The summed E-state index contributed by atoms with van der Waals surface area (Å²) in [7, 11) is 3.07. The van der Waals surface area contributed by atoms with Crippen LogP contribution in [-0.2, 0) is 9.59 Å². The maximum absolute atomic E-state index is 11.9. The number of hydrazone groups is 1. The Morgan fingerprint density at radius 2 is 1.77 bits per heavy atom. The summed E-state index contributed by atoms with van der Waals surface area (Å²) in [6.07, 6.45) is 1.39. The lowest BCUT2D eigenvalue weighted by molar-refractivity contribution is -0.139. The first-order valence-electron chi connectivity index (χ1n) is 7.96. The standard InChI is InChI=1S/C19H21N3O4/c1-13(14-7-5-4-6-8-14)21-18(23)19(24)22-20-12-15-9-10-16(25-2)11-17(15)26-3/h4-13H,1-3H3,(H,21,23)(H,22,24)/t13-/m1/s1. The highest BCUT2D eigenvalue weighted by molar-refractivity contribution is 6.35. The highest BCUT2D eigenvalue weighted by atomic mass is 16.5. The Morgan fingerprint density at radius 1 is 1.04 bits per heavy atom. The molecule has 0 radical (unpaired) electrons. The first-order chi connectivity index (χ1) is 12.5. The number of hydrogen-bond donors (Lipinski definition) is 2. The van der Waals surface area contributed by atoms with Crippen LogP contribution in [-0.4, -0.2) is 32.2 Å². The largest absolute Gasteiger partial charge is 0.497 e. The normalized spacial score (nSPS) is 11.7. The van der Waals surface area contributed by atoms with Gasteiger partial charge in [-0.2, -0.15) is 5.10 Å². The Labute approximate surface area is 152 Å². The summed E-state index contributed by atoms with van der Waals surface area (Å²) >= 11 is 0. The molecule has 0 heterocycles. The van der Waals surface area contributed by atoms with Gasteiger partial charge in [-0.3, -0.25) is 9.59 Å². The number of benzene rings is 2. The van der Waals surface area contributed by atoms with E-state index in [1.165, 1.54) is 13.3 Å². The fraction of sp³-hybridized carbons (Fsp3) is 0.211. The van der Waals surface area contributed by atoms with Crippen molar-refractivity contribution in [2.45, 2.75) is 13.0 Å². The van der Waals surface area contributed by atoms with Crippen molar-refractivity contribution in [3.05, 3.63) is 59.7 Å². The molecule has 0 aliphatic heterocycles. The lowest BCUT2D eigenvalue weighted by Crippen LogP contribution is -2.39. The minimum atomic E-state index is -0.850. The van der Waals surface area contributed by atoms with Crippen LogP contribution in [0.5, 0.6) is 11.5 Å². The topological polar surface area (TPSA) is 89.0 Å². The minimum Gasteiger partial charge on any atom is -0.497 e. The number of amides is 2. The molecule has 7 nitrogen and oxygen atoms in total. The van der Waals surface area contributed by atoms with Gasteiger partial charge in [-0.25, -0.2) is 5.43 Å². The predicted molar refractivity (Wildman–Crippen MR) is 98.3 cm³/mol. The summed E-state index contributed by atoms with van der Waals surface area (Å²) in [4.78, 5) is 23.8. The van der Waals surface area contributed by atoms with Gasteiger partial charge >= 0.3 is 11.8 Å². The van der Waals surface area contributed by atoms with Crippen molar-refractivity contribution >= 4 is 18.0 Å². The van der Waals surface area contributed by atoms with Crippen molar-refractivity contribution < 1.29 is 19.1 Å². The van der Waals surface area contributed by atoms with Crippen LogP contribution in [0.15, 0.2) is 53.6 Å². The minimum absolute atomic E-state index is 0.292. The number of carbonyl (C=O) groups is 2. The van der Waals surface area contributed by atoms with Crippen molar-refractivity contribution in [2.75, 3.05) is 14.2 Å². The van der Waals surface area contributed by atoms with Crippen molar-refractivity contribution in [1.29, 1.82) is 0 Å². The summed E-state index contributed by atoms with van der Waals surface area (Å²) in [6, 6.07) is 14.2. The molecule has 0 saturated carbocycles. The first-order valence-corrected chi connectivity index (χ1v) is 7.96. The number of carbonyl (C=O) groups excluding carboxylic acids is 2. The molecule has 0 fully saturated rings. The Hall–Kier alpha value is -3.35. The molecule has 2 N–H and O–H groups in total. The van der Waals surface area contributed by atoms with E-state index in [-0.39, 0.29) is 6.04 Å². The Morgan fingerprint density at radius 3 is 2.42 bits per heavy atom. The lowest BCUT2D eigenvalue weighted by atomic mass is 10.1. The van der Waals surface area contributed by atoms with Crippen molar-refractivity contribution in [1.82, 2.24) is 10.7 Å². The summed E-state index contributed by atoms with van der Waals surface area (Å²) in [5, 5.41) is 6.42. The van der Waals surface area contributed by atoms with Gasteiger partial charge in [0.05, 0.1) is 26.5 Å². The fourth-order valence-electron chi connectivity index (χ4n) is 2.22. The van der Waals surface area contributed by atoms with Gasteiger partial charge in [-0.05, 0) is 24.6 Å². The predicted octanol–water partition coefficient (Wildman–Crippen LogP) is 2.03. The molecule has 0 saturated heterocycles. The van der Waals surface area contributed by atoms with E-state index in [9.17, 15) is 9.59 Å². The van der Waals surface area contributed by atoms with E-state index in [0.717, 1.165) is 5.56 Å². The second-order valence-corrected chi connectivity index (χ2v) is 5.41. The van der Waals surface area contributed by atoms with Crippen LogP contribution in [0.4, 0.5) is 0 Å². The third kappa shape index (κ3) is 5.07. The highest BCUT2D eigenvalue weighted by Crippen LogP contribution is 2.22. The molecule has 2 aromatic carbocycles. The third-order valence-electron chi connectivity index (χ3n) is 3.66. The zero-order valence-corrected chi connectivity index (χ0v) is 14.9. The van der Waals surface area contributed by atoms with Gasteiger partial charge < -0.3 is 14.8 Å². The molecule has 0 bridgehead atoms. The molecule has 26 heavy (non-hydrogen) atoms. The molecule has 0 aliphatic rings. The molecule has 0 spiro atoms. The van der Waals surface area contributed by atoms with Gasteiger partial charge in [0.25, 0.3) is 0 Å². The molecule has 0 unspecified atom stereocenters. The van der Waals surface area contributed by atoms with Gasteiger partial charge in [0.1, 0.15) is 11.5 Å². The van der Waals surface area contributed by atoms with E-state index in [0.29, 0.717) is 17.1 Å². The monoisotopic (exact) mass is 355 g/mol. The molecular weight excluding hydrogens is 334 g/mol. The zero-order valence-electron chi connectivity index (χ0n) is 14.9. The maximum Gasteiger partial charge on any atom is 0.329 e. The van der Waals surface area contributed by atoms with Gasteiger partial charge in [0.2, 0.25) is 0 Å². The van der Waals surface area contributed by atoms with Gasteiger partial charge in [-0.15, -0.1) is 0 Å². The number of ether oxygens (including phenoxy) is 2. The smallest absolute Gasteiger partial charge is 0.329 e. The molecular formula is C19H21N3O4. The summed E-state index contributed by atoms with van der Waals surface area (Å²) in [5.41, 5.74) is 3.73. The molecule has 2 aromatic rings. The molecule has 0 aliphatic carbocycles. The quantitative estimate of drug-likeness (QED) is 0.471. The Kier molecular flexibility index (Phi) is 6.73. The van der Waals surface area contributed by atoms with Gasteiger partial charge in [0, 0.05) is 11.6 Å². The average molecular weight is 355 g/mol. The number of nitrogens with one attached hydrogen (secondary N) is 2. The van der Waals surface area contributed by atoms with Crippen LogP contribution in [0.3, 0.4) is 0 Å². The van der Waals surface area contributed by atoms with Crippen LogP contribution in [0.1, 0.15) is 24.1 Å². The number of rotatable bonds is 6. The van der Waals surface area contributed by atoms with Crippen molar-refractivity contribution in [3.8, 4) is 11.5 Å². The molecule has 1 atom stereocenters. The zero-order chi connectivity index (χ0) is 18.9. The highest BCUT2D eigenvalue weighted by Gasteiger charge is 2.16. The first kappa shape index (κ1) is 19.0. The van der Waals surface area contributed by atoms with Crippen LogP contribution < -0.4 is 20.2 Å². The van der Waals surface area contributed by atoms with E-state index in [2.05, 4.69) is 15.8 Å². The van der Waals surface area contributed by atoms with E-state index in [1.54, 1.807) is 32.2 Å². The lowest BCUT2D eigenvalue weighted by Gasteiger charge is -2.13. The van der Waals surface area contributed by atoms with E-state index < -0.39 is 11.8 Å². The third-order valence-corrected chi connectivity index (χ3v) is 3.66. The summed E-state index contributed by atoms with van der Waals surface area (Å²) < 4.78 is 10.3. The van der Waals surface area contributed by atoms with Crippen LogP contribution in [0.2, 0.25) is 0 Å². The van der Waals surface area contributed by atoms with Crippen LogP contribution >= 0.6 is 0 Å². The SMILES string of the molecule is COc1ccc(C=NNC(=O)C(=O)N[C@H](C)c2ccccc2)c(OC)c1. The number of nitrogens with zero attached hydrogens (tertiary/aromatic N) is 1. The van der Waals surface area contributed by atoms with Crippen molar-refractivity contribution in [3.63, 3.8) is 0 Å². The maximum atomic E-state index is 11.9. The number of methoxy groups -OCH3 is 2. The van der Waals surface area contributed by atoms with E-state index in [4.69, 9.17) is 9.47 Å². The second-order valence-electron chi connectivity index (χ2n) is 5.41. The number of hydrogen-bond acceptors (Lipinski definition) is 5. The Balaban J connectivity index is 1.93. The van der Waals surface area contributed by atoms with Crippen molar-refractivity contribution in [2.24, 2.45) is 5.10 Å². The molecule has 2 rings (SSSR count). The Bertz CT molecular complexity index is 791. The molecule has 7 heteroatoms.